The van der Waals surface area contributed by atoms with Crippen LogP contribution in [0.3, 0.4) is 0 Å². The molecule has 104 valence electrons. The van der Waals surface area contributed by atoms with Crippen molar-refractivity contribution in [3.8, 4) is 0 Å². The van der Waals surface area contributed by atoms with Gasteiger partial charge in [0.05, 0.1) is 12.7 Å². The molecule has 2 N–H and O–H groups in total. The SMILES string of the molecule is NC(CN1CCOC2CCCC21)c1ccc(F)cc1. The molecular formula is C15H21FN2O. The Kier molecular flexibility index (Phi) is 3.82. The Morgan fingerprint density at radius 3 is 2.89 bits per heavy atom. The Morgan fingerprint density at radius 2 is 2.11 bits per heavy atom. The predicted molar refractivity (Wildman–Crippen MR) is 72.3 cm³/mol. The van der Waals surface area contributed by atoms with Crippen LogP contribution in [0.15, 0.2) is 24.3 Å². The Morgan fingerprint density at radius 1 is 1.32 bits per heavy atom. The number of halogens is 1. The Bertz CT molecular complexity index is 423. The highest BCUT2D eigenvalue weighted by Crippen LogP contribution is 2.30. The second-order valence-electron chi connectivity index (χ2n) is 5.56. The third-order valence-corrected chi connectivity index (χ3v) is 4.33. The largest absolute Gasteiger partial charge is 0.375 e. The molecule has 1 aromatic carbocycles. The van der Waals surface area contributed by atoms with E-state index in [9.17, 15) is 4.39 Å². The minimum absolute atomic E-state index is 0.0556. The summed E-state index contributed by atoms with van der Waals surface area (Å²) in [6, 6.07) is 7.00. The van der Waals surface area contributed by atoms with E-state index in [4.69, 9.17) is 10.5 Å². The summed E-state index contributed by atoms with van der Waals surface area (Å²) in [5, 5.41) is 0. The van der Waals surface area contributed by atoms with Gasteiger partial charge in [0.2, 0.25) is 0 Å². The molecule has 0 bridgehead atoms. The number of hydrogen-bond donors (Lipinski definition) is 1. The molecule has 3 unspecified atom stereocenters. The maximum absolute atomic E-state index is 12.9. The Balaban J connectivity index is 1.65. The molecule has 1 aliphatic carbocycles. The van der Waals surface area contributed by atoms with Gasteiger partial charge in [0.15, 0.2) is 0 Å². The molecule has 2 aliphatic rings. The van der Waals surface area contributed by atoms with Gasteiger partial charge in [-0.05, 0) is 37.0 Å². The van der Waals surface area contributed by atoms with Gasteiger partial charge in [0.25, 0.3) is 0 Å². The number of fused-ring (bicyclic) bond motifs is 1. The summed E-state index contributed by atoms with van der Waals surface area (Å²) in [5.41, 5.74) is 7.26. The molecule has 1 saturated heterocycles. The van der Waals surface area contributed by atoms with E-state index in [0.29, 0.717) is 12.1 Å². The number of benzene rings is 1. The van der Waals surface area contributed by atoms with Gasteiger partial charge in [-0.2, -0.15) is 0 Å². The van der Waals surface area contributed by atoms with Crippen LogP contribution in [0.4, 0.5) is 4.39 Å². The topological polar surface area (TPSA) is 38.5 Å². The normalized spacial score (nSPS) is 29.2. The van der Waals surface area contributed by atoms with Gasteiger partial charge < -0.3 is 10.5 Å². The van der Waals surface area contributed by atoms with E-state index in [-0.39, 0.29) is 11.9 Å². The molecule has 0 radical (unpaired) electrons. The lowest BCUT2D eigenvalue weighted by molar-refractivity contribution is -0.0571. The summed E-state index contributed by atoms with van der Waals surface area (Å²) in [6.45, 7) is 2.59. The van der Waals surface area contributed by atoms with Crippen LogP contribution >= 0.6 is 0 Å². The van der Waals surface area contributed by atoms with E-state index in [2.05, 4.69) is 4.90 Å². The smallest absolute Gasteiger partial charge is 0.123 e. The monoisotopic (exact) mass is 264 g/mol. The van der Waals surface area contributed by atoms with Gasteiger partial charge in [0, 0.05) is 25.2 Å². The van der Waals surface area contributed by atoms with Gasteiger partial charge >= 0.3 is 0 Å². The summed E-state index contributed by atoms with van der Waals surface area (Å²) < 4.78 is 18.7. The van der Waals surface area contributed by atoms with Crippen molar-refractivity contribution in [2.75, 3.05) is 19.7 Å². The summed E-state index contributed by atoms with van der Waals surface area (Å²) in [7, 11) is 0. The molecule has 0 spiro atoms. The van der Waals surface area contributed by atoms with Crippen LogP contribution in [0.2, 0.25) is 0 Å². The fourth-order valence-electron chi connectivity index (χ4n) is 3.30. The third kappa shape index (κ3) is 2.81. The van der Waals surface area contributed by atoms with Gasteiger partial charge in [0.1, 0.15) is 5.82 Å². The number of morpholine rings is 1. The van der Waals surface area contributed by atoms with Crippen LogP contribution in [-0.2, 0) is 4.74 Å². The maximum Gasteiger partial charge on any atom is 0.123 e. The lowest BCUT2D eigenvalue weighted by atomic mass is 10.0. The lowest BCUT2D eigenvalue weighted by Crippen LogP contribution is -2.50. The molecule has 1 saturated carbocycles. The van der Waals surface area contributed by atoms with E-state index < -0.39 is 0 Å². The van der Waals surface area contributed by atoms with E-state index in [1.807, 2.05) is 0 Å². The summed E-state index contributed by atoms with van der Waals surface area (Å²) in [4.78, 5) is 2.45. The number of nitrogens with two attached hydrogens (primary N) is 1. The van der Waals surface area contributed by atoms with E-state index in [1.165, 1.54) is 31.4 Å². The predicted octanol–water partition coefficient (Wildman–Crippen LogP) is 2.08. The average molecular weight is 264 g/mol. The molecule has 4 heteroatoms. The quantitative estimate of drug-likeness (QED) is 0.908. The van der Waals surface area contributed by atoms with Crippen LogP contribution < -0.4 is 5.73 Å². The van der Waals surface area contributed by atoms with Crippen molar-refractivity contribution in [2.45, 2.75) is 37.5 Å². The van der Waals surface area contributed by atoms with Gasteiger partial charge in [-0.25, -0.2) is 4.39 Å². The van der Waals surface area contributed by atoms with Crippen LogP contribution in [-0.4, -0.2) is 36.7 Å². The molecule has 3 atom stereocenters. The van der Waals surface area contributed by atoms with Crippen molar-refractivity contribution in [3.05, 3.63) is 35.6 Å². The fourth-order valence-corrected chi connectivity index (χ4v) is 3.30. The van der Waals surface area contributed by atoms with Gasteiger partial charge in [-0.3, -0.25) is 4.90 Å². The highest BCUT2D eigenvalue weighted by atomic mass is 19.1. The molecule has 1 aliphatic heterocycles. The van der Waals surface area contributed by atoms with Crippen molar-refractivity contribution >= 4 is 0 Å². The maximum atomic E-state index is 12.9. The zero-order valence-electron chi connectivity index (χ0n) is 11.1. The van der Waals surface area contributed by atoms with Crippen molar-refractivity contribution in [2.24, 2.45) is 5.73 Å². The number of hydrogen-bond acceptors (Lipinski definition) is 3. The summed E-state index contributed by atoms with van der Waals surface area (Å²) in [5.74, 6) is -0.210. The molecule has 0 aromatic heterocycles. The van der Waals surface area contributed by atoms with E-state index in [0.717, 1.165) is 25.3 Å². The van der Waals surface area contributed by atoms with Crippen molar-refractivity contribution in [1.82, 2.24) is 4.90 Å². The first kappa shape index (κ1) is 13.0. The second-order valence-corrected chi connectivity index (χ2v) is 5.56. The molecule has 0 amide bonds. The first-order chi connectivity index (χ1) is 9.24. The van der Waals surface area contributed by atoms with Crippen LogP contribution in [0.25, 0.3) is 0 Å². The minimum Gasteiger partial charge on any atom is -0.375 e. The first-order valence-corrected chi connectivity index (χ1v) is 7.11. The van der Waals surface area contributed by atoms with Crippen LogP contribution in [0, 0.1) is 5.82 Å². The first-order valence-electron chi connectivity index (χ1n) is 7.11. The highest BCUT2D eigenvalue weighted by molar-refractivity contribution is 5.20. The van der Waals surface area contributed by atoms with Crippen LogP contribution in [0.5, 0.6) is 0 Å². The van der Waals surface area contributed by atoms with Crippen molar-refractivity contribution < 1.29 is 9.13 Å². The Hall–Kier alpha value is -0.970. The van der Waals surface area contributed by atoms with Crippen molar-refractivity contribution in [1.29, 1.82) is 0 Å². The molecule has 3 nitrogen and oxygen atoms in total. The minimum atomic E-state index is -0.210. The fraction of sp³-hybridized carbons (Fsp3) is 0.600. The molecule has 2 fully saturated rings. The standard InChI is InChI=1S/C15H21FN2O/c16-12-6-4-11(5-7-12)13(17)10-18-8-9-19-15-3-1-2-14(15)18/h4-7,13-15H,1-3,8-10,17H2. The zero-order chi connectivity index (χ0) is 13.2. The summed E-state index contributed by atoms with van der Waals surface area (Å²) >= 11 is 0. The number of ether oxygens (including phenoxy) is 1. The van der Waals surface area contributed by atoms with Crippen molar-refractivity contribution in [3.63, 3.8) is 0 Å². The van der Waals surface area contributed by atoms with Gasteiger partial charge in [-0.15, -0.1) is 0 Å². The van der Waals surface area contributed by atoms with E-state index >= 15 is 0 Å². The lowest BCUT2D eigenvalue weighted by Gasteiger charge is -2.39. The molecular weight excluding hydrogens is 243 g/mol. The van der Waals surface area contributed by atoms with Crippen LogP contribution in [0.1, 0.15) is 30.9 Å². The Labute approximate surface area is 113 Å². The number of rotatable bonds is 3. The summed E-state index contributed by atoms with van der Waals surface area (Å²) in [6.07, 6.45) is 4.03. The van der Waals surface area contributed by atoms with Gasteiger partial charge in [-0.1, -0.05) is 12.1 Å². The average Bonchev–Trinajstić information content (AvgIpc) is 2.89. The molecule has 19 heavy (non-hydrogen) atoms. The van der Waals surface area contributed by atoms with E-state index in [1.54, 1.807) is 12.1 Å². The second kappa shape index (κ2) is 5.57. The zero-order valence-corrected chi connectivity index (χ0v) is 11.1. The third-order valence-electron chi connectivity index (χ3n) is 4.33. The molecule has 1 aromatic rings. The molecule has 3 rings (SSSR count). The molecule has 1 heterocycles. The highest BCUT2D eigenvalue weighted by Gasteiger charge is 2.36. The number of nitrogens with zero attached hydrogens (tertiary/aromatic N) is 1.